The van der Waals surface area contributed by atoms with Crippen molar-refractivity contribution < 1.29 is 0 Å². The third-order valence-electron chi connectivity index (χ3n) is 12.9. The van der Waals surface area contributed by atoms with Gasteiger partial charge >= 0.3 is 0 Å². The fourth-order valence-corrected chi connectivity index (χ4v) is 10.7. The summed E-state index contributed by atoms with van der Waals surface area (Å²) in [6.45, 7) is 23.8. The van der Waals surface area contributed by atoms with Crippen molar-refractivity contribution in [1.82, 2.24) is 0 Å². The molecule has 3 aliphatic carbocycles. The van der Waals surface area contributed by atoms with Crippen LogP contribution in [-0.4, -0.2) is 13.6 Å². The number of fused-ring (bicyclic) bond motifs is 5. The molecule has 2 unspecified atom stereocenters. The summed E-state index contributed by atoms with van der Waals surface area (Å²) in [7, 11) is -1.46. The molecule has 0 heterocycles. The normalized spacial score (nSPS) is 19.9. The number of hydrogen-bond acceptors (Lipinski definition) is 3. The van der Waals surface area contributed by atoms with E-state index in [1.54, 1.807) is 0 Å². The summed E-state index contributed by atoms with van der Waals surface area (Å²) < 4.78 is 0. The molecule has 0 amide bonds. The lowest BCUT2D eigenvalue weighted by molar-refractivity contribution is 0.453. The maximum absolute atomic E-state index is 9.66. The van der Waals surface area contributed by atoms with Crippen molar-refractivity contribution in [2.45, 2.75) is 91.9 Å². The van der Waals surface area contributed by atoms with Crippen LogP contribution in [-0.2, 0) is 5.41 Å². The van der Waals surface area contributed by atoms with Gasteiger partial charge in [0.1, 0.15) is 0 Å². The van der Waals surface area contributed by atoms with Crippen LogP contribution in [0.25, 0.3) is 21.9 Å². The second-order valence-corrected chi connectivity index (χ2v) is 24.4. The minimum absolute atomic E-state index is 0.120. The molecule has 2 atom stereocenters. The molecule has 0 saturated heterocycles. The second kappa shape index (κ2) is 13.9. The highest BCUT2D eigenvalue weighted by atomic mass is 28.3. The number of benzene rings is 5. The molecule has 57 heavy (non-hydrogen) atoms. The summed E-state index contributed by atoms with van der Waals surface area (Å²) in [6.07, 6.45) is 14.0. The number of allylic oxidation sites excluding steroid dienone is 6. The van der Waals surface area contributed by atoms with E-state index in [0.29, 0.717) is 11.5 Å². The maximum Gasteiger partial charge on any atom is 0.0991 e. The van der Waals surface area contributed by atoms with Crippen LogP contribution in [0.5, 0.6) is 0 Å². The second-order valence-electron chi connectivity index (χ2n) is 19.3. The smallest absolute Gasteiger partial charge is 0.0991 e. The Kier molecular flexibility index (Phi) is 9.40. The van der Waals surface area contributed by atoms with Crippen LogP contribution < -0.4 is 9.80 Å². The van der Waals surface area contributed by atoms with Gasteiger partial charge in [-0.1, -0.05) is 145 Å². The van der Waals surface area contributed by atoms with E-state index < -0.39 is 8.07 Å². The zero-order valence-electron chi connectivity index (χ0n) is 35.5. The Morgan fingerprint density at radius 1 is 0.754 bits per heavy atom. The fourth-order valence-electron chi connectivity index (χ4n) is 9.44. The summed E-state index contributed by atoms with van der Waals surface area (Å²) in [5.41, 5.74) is 13.0. The van der Waals surface area contributed by atoms with E-state index in [9.17, 15) is 5.26 Å². The molecular formula is C53H57N3Si. The van der Waals surface area contributed by atoms with Gasteiger partial charge in [-0.2, -0.15) is 5.26 Å². The van der Waals surface area contributed by atoms with Crippen LogP contribution in [0.2, 0.25) is 19.6 Å². The zero-order valence-corrected chi connectivity index (χ0v) is 36.5. The third kappa shape index (κ3) is 6.70. The van der Waals surface area contributed by atoms with E-state index >= 15 is 0 Å². The molecule has 8 rings (SSSR count). The SMILES string of the molecule is CC1CC(C(C)(C)C)=CC=C1N(c1ccc(C#N)cc1)c1ccc2c(c1)C(C)(C)c1cc(N(c3ccccc3)C3(C)C=CC([Si](C)(C)C)=CC3)c3ccccc3c1-2. The average molecular weight is 764 g/mol. The van der Waals surface area contributed by atoms with Gasteiger partial charge < -0.3 is 9.80 Å². The van der Waals surface area contributed by atoms with Crippen LogP contribution in [0.3, 0.4) is 0 Å². The fraction of sp³-hybridized carbons (Fsp3) is 0.302. The number of hydrogen-bond donors (Lipinski definition) is 0. The molecule has 0 radical (unpaired) electrons. The van der Waals surface area contributed by atoms with Gasteiger partial charge in [0.15, 0.2) is 0 Å². The summed E-state index contributed by atoms with van der Waals surface area (Å²) in [6, 6.07) is 40.1. The van der Waals surface area contributed by atoms with Crippen molar-refractivity contribution in [2.24, 2.45) is 11.3 Å². The highest BCUT2D eigenvalue weighted by Gasteiger charge is 2.41. The molecule has 3 nitrogen and oxygen atoms in total. The van der Waals surface area contributed by atoms with E-state index in [1.165, 1.54) is 60.9 Å². The quantitative estimate of drug-likeness (QED) is 0.155. The van der Waals surface area contributed by atoms with Crippen LogP contribution in [0.1, 0.15) is 78.0 Å². The van der Waals surface area contributed by atoms with Gasteiger partial charge in [0, 0.05) is 39.5 Å². The first-order chi connectivity index (χ1) is 27.0. The summed E-state index contributed by atoms with van der Waals surface area (Å²) >= 11 is 0. The van der Waals surface area contributed by atoms with Crippen molar-refractivity contribution in [3.05, 3.63) is 167 Å². The molecule has 3 aliphatic rings. The molecule has 0 N–H and O–H groups in total. The van der Waals surface area contributed by atoms with E-state index in [4.69, 9.17) is 0 Å². The van der Waals surface area contributed by atoms with E-state index in [-0.39, 0.29) is 16.4 Å². The minimum Gasteiger partial charge on any atom is -0.331 e. The van der Waals surface area contributed by atoms with E-state index in [0.717, 1.165) is 24.2 Å². The van der Waals surface area contributed by atoms with Crippen molar-refractivity contribution in [1.29, 1.82) is 5.26 Å². The molecule has 0 bridgehead atoms. The van der Waals surface area contributed by atoms with Crippen molar-refractivity contribution in [3.8, 4) is 17.2 Å². The predicted octanol–water partition coefficient (Wildman–Crippen LogP) is 14.7. The van der Waals surface area contributed by atoms with Gasteiger partial charge in [0.2, 0.25) is 0 Å². The number of nitrogens with zero attached hydrogens (tertiary/aromatic N) is 3. The standard InChI is InChI=1S/C53H57N3Si/c1-36-32-38(51(2,3)4)22-27-48(36)55(39-23-20-37(35-54)21-24-39)41-25-26-45-46(33-41)52(5,6)47-34-49(43-18-14-15-19-44(43)50(45)47)56(40-16-12-11-13-17-40)53(7)30-28-42(29-31-53)57(8,9)10/h11-30,33-34,36H,31-32H2,1-10H3. The molecular weight excluding hydrogens is 707 g/mol. The lowest BCUT2D eigenvalue weighted by atomic mass is 9.78. The molecule has 0 aliphatic heterocycles. The van der Waals surface area contributed by atoms with Gasteiger partial charge in [-0.15, -0.1) is 0 Å². The van der Waals surface area contributed by atoms with Crippen LogP contribution in [0.15, 0.2) is 150 Å². The summed E-state index contributed by atoms with van der Waals surface area (Å²) in [5, 5.41) is 13.7. The molecule has 0 aromatic heterocycles. The molecule has 0 spiro atoms. The number of para-hydroxylation sites is 1. The maximum atomic E-state index is 9.66. The highest BCUT2D eigenvalue weighted by molar-refractivity contribution is 6.83. The number of anilines is 4. The van der Waals surface area contributed by atoms with Gasteiger partial charge in [0.05, 0.1) is 30.9 Å². The lowest BCUT2D eigenvalue weighted by Gasteiger charge is -2.44. The summed E-state index contributed by atoms with van der Waals surface area (Å²) in [4.78, 5) is 5.04. The molecule has 5 aromatic carbocycles. The Hall–Kier alpha value is -5.37. The monoisotopic (exact) mass is 763 g/mol. The highest BCUT2D eigenvalue weighted by Crippen LogP contribution is 2.56. The van der Waals surface area contributed by atoms with Crippen LogP contribution >= 0.6 is 0 Å². The van der Waals surface area contributed by atoms with Crippen molar-refractivity contribution >= 4 is 41.6 Å². The van der Waals surface area contributed by atoms with Crippen molar-refractivity contribution in [2.75, 3.05) is 9.80 Å². The van der Waals surface area contributed by atoms with Gasteiger partial charge in [0.25, 0.3) is 0 Å². The molecule has 0 fully saturated rings. The molecule has 4 heteroatoms. The Balaban J connectivity index is 1.30. The van der Waals surface area contributed by atoms with Gasteiger partial charge in [-0.05, 0) is 113 Å². The van der Waals surface area contributed by atoms with Crippen LogP contribution in [0.4, 0.5) is 22.7 Å². The largest absolute Gasteiger partial charge is 0.331 e. The number of rotatable bonds is 7. The number of nitriles is 1. The summed E-state index contributed by atoms with van der Waals surface area (Å²) in [5.74, 6) is 0.320. The average Bonchev–Trinajstić information content (AvgIpc) is 3.41. The first-order valence-electron chi connectivity index (χ1n) is 20.7. The zero-order chi connectivity index (χ0) is 40.5. The van der Waals surface area contributed by atoms with Crippen LogP contribution in [0, 0.1) is 22.7 Å². The van der Waals surface area contributed by atoms with E-state index in [1.807, 2.05) is 12.1 Å². The van der Waals surface area contributed by atoms with Crippen molar-refractivity contribution in [3.63, 3.8) is 0 Å². The Labute approximate surface area is 342 Å². The Morgan fingerprint density at radius 2 is 1.42 bits per heavy atom. The third-order valence-corrected chi connectivity index (χ3v) is 15.0. The molecule has 288 valence electrons. The van der Waals surface area contributed by atoms with E-state index in [2.05, 4.69) is 205 Å². The first kappa shape index (κ1) is 38.5. The predicted molar refractivity (Wildman–Crippen MR) is 246 cm³/mol. The van der Waals surface area contributed by atoms with Gasteiger partial charge in [-0.3, -0.25) is 0 Å². The van der Waals surface area contributed by atoms with Gasteiger partial charge in [-0.25, -0.2) is 0 Å². The molecule has 5 aromatic rings. The lowest BCUT2D eigenvalue weighted by Crippen LogP contribution is -2.43. The minimum atomic E-state index is -1.46. The topological polar surface area (TPSA) is 30.3 Å². The molecule has 0 saturated carbocycles. The first-order valence-corrected chi connectivity index (χ1v) is 24.2. The Morgan fingerprint density at radius 3 is 2.04 bits per heavy atom. The Bertz CT molecular complexity index is 2550.